The molecule has 0 unspecified atom stereocenters. The lowest BCUT2D eigenvalue weighted by molar-refractivity contribution is 0.0468. The normalized spacial score (nSPS) is 16.0. The van der Waals surface area contributed by atoms with E-state index in [1.807, 2.05) is 0 Å². The van der Waals surface area contributed by atoms with Gasteiger partial charge in [0.1, 0.15) is 0 Å². The summed E-state index contributed by atoms with van der Waals surface area (Å²) in [5, 5.41) is 15.5. The molecule has 7 heteroatoms. The first-order chi connectivity index (χ1) is 11.7. The van der Waals surface area contributed by atoms with Crippen molar-refractivity contribution < 1.29 is 14.2 Å². The molecule has 0 aliphatic heterocycles. The monoisotopic (exact) mass is 465 g/mol. The minimum atomic E-state index is -0.617. The quantitative estimate of drug-likeness (QED) is 0.198. The van der Waals surface area contributed by atoms with Gasteiger partial charge in [-0.15, -0.1) is 24.0 Å². The molecular formula is C18H29FIN3O2. The molecule has 2 rings (SSSR count). The Labute approximate surface area is 166 Å². The maximum Gasteiger partial charge on any atom is 0.191 e. The Morgan fingerprint density at radius 1 is 1.24 bits per heavy atom. The van der Waals surface area contributed by atoms with Gasteiger partial charge in [-0.2, -0.15) is 0 Å². The van der Waals surface area contributed by atoms with Crippen LogP contribution in [0.1, 0.15) is 44.1 Å². The number of nitrogens with one attached hydrogen (secondary N) is 2. The van der Waals surface area contributed by atoms with Crippen molar-refractivity contribution in [3.05, 3.63) is 29.6 Å². The first kappa shape index (κ1) is 22.0. The van der Waals surface area contributed by atoms with E-state index in [1.54, 1.807) is 13.1 Å². The van der Waals surface area contributed by atoms with Crippen LogP contribution in [-0.4, -0.2) is 37.4 Å². The number of phenolic OH excluding ortho intramolecular Hbond substituents is 1. The number of rotatable bonds is 6. The van der Waals surface area contributed by atoms with Crippen molar-refractivity contribution in [3.8, 4) is 5.75 Å². The molecular weight excluding hydrogens is 436 g/mol. The van der Waals surface area contributed by atoms with Crippen LogP contribution in [0.25, 0.3) is 0 Å². The first-order valence-electron chi connectivity index (χ1n) is 8.72. The van der Waals surface area contributed by atoms with Gasteiger partial charge < -0.3 is 20.5 Å². The molecule has 0 aromatic heterocycles. The maximum absolute atomic E-state index is 13.3. The number of ether oxygens (including phenoxy) is 1. The minimum Gasteiger partial charge on any atom is -0.505 e. The van der Waals surface area contributed by atoms with Gasteiger partial charge in [-0.05, 0) is 30.5 Å². The van der Waals surface area contributed by atoms with Crippen LogP contribution >= 0.6 is 24.0 Å². The predicted octanol–water partition coefficient (Wildman–Crippen LogP) is 3.55. The minimum absolute atomic E-state index is 0. The zero-order valence-corrected chi connectivity index (χ0v) is 17.1. The van der Waals surface area contributed by atoms with Crippen molar-refractivity contribution in [2.45, 2.75) is 51.2 Å². The molecule has 3 N–H and O–H groups in total. The van der Waals surface area contributed by atoms with Crippen molar-refractivity contribution in [2.24, 2.45) is 4.99 Å². The van der Waals surface area contributed by atoms with Gasteiger partial charge in [0.05, 0.1) is 12.7 Å². The van der Waals surface area contributed by atoms with Crippen molar-refractivity contribution in [3.63, 3.8) is 0 Å². The van der Waals surface area contributed by atoms with Gasteiger partial charge in [0.15, 0.2) is 17.5 Å². The summed E-state index contributed by atoms with van der Waals surface area (Å²) in [5.74, 6) is -0.307. The van der Waals surface area contributed by atoms with E-state index in [0.29, 0.717) is 31.8 Å². The number of halogens is 2. The predicted molar refractivity (Wildman–Crippen MR) is 109 cm³/mol. The molecule has 1 saturated carbocycles. The molecule has 0 bridgehead atoms. The van der Waals surface area contributed by atoms with Crippen LogP contribution in [-0.2, 0) is 11.3 Å². The van der Waals surface area contributed by atoms with E-state index in [-0.39, 0.29) is 29.7 Å². The van der Waals surface area contributed by atoms with E-state index < -0.39 is 5.82 Å². The molecule has 142 valence electrons. The number of aliphatic imine (C=N–C) groups is 1. The van der Waals surface area contributed by atoms with E-state index >= 15 is 0 Å². The number of aromatic hydroxyl groups is 1. The molecule has 0 saturated heterocycles. The van der Waals surface area contributed by atoms with Gasteiger partial charge in [0.2, 0.25) is 0 Å². The van der Waals surface area contributed by atoms with E-state index in [4.69, 9.17) is 4.74 Å². The highest BCUT2D eigenvalue weighted by atomic mass is 127. The van der Waals surface area contributed by atoms with Crippen molar-refractivity contribution in [1.29, 1.82) is 0 Å². The highest BCUT2D eigenvalue weighted by Crippen LogP contribution is 2.19. The van der Waals surface area contributed by atoms with Crippen molar-refractivity contribution in [2.75, 3.05) is 20.2 Å². The summed E-state index contributed by atoms with van der Waals surface area (Å²) < 4.78 is 19.2. The standard InChI is InChI=1S/C18H28FN3O2.HI/c1-20-18(22-13-14-8-9-17(23)16(19)12-14)21-10-11-24-15-6-4-2-3-5-7-15;/h8-9,12,15,23H,2-7,10-11,13H2,1H3,(H2,20,21,22);1H. The average molecular weight is 465 g/mol. The summed E-state index contributed by atoms with van der Waals surface area (Å²) in [4.78, 5) is 4.14. The Balaban J connectivity index is 0.00000312. The van der Waals surface area contributed by atoms with Crippen LogP contribution in [0.3, 0.4) is 0 Å². The van der Waals surface area contributed by atoms with Gasteiger partial charge in [0, 0.05) is 20.1 Å². The van der Waals surface area contributed by atoms with E-state index in [2.05, 4.69) is 15.6 Å². The second kappa shape index (κ2) is 12.3. The lowest BCUT2D eigenvalue weighted by Crippen LogP contribution is -2.38. The molecule has 25 heavy (non-hydrogen) atoms. The van der Waals surface area contributed by atoms with Gasteiger partial charge >= 0.3 is 0 Å². The third kappa shape index (κ3) is 8.22. The third-order valence-corrected chi connectivity index (χ3v) is 4.25. The fourth-order valence-corrected chi connectivity index (χ4v) is 2.87. The molecule has 1 aromatic carbocycles. The fraction of sp³-hybridized carbons (Fsp3) is 0.611. The van der Waals surface area contributed by atoms with Crippen LogP contribution in [0.5, 0.6) is 5.75 Å². The Morgan fingerprint density at radius 3 is 2.60 bits per heavy atom. The van der Waals surface area contributed by atoms with Crippen molar-refractivity contribution in [1.82, 2.24) is 10.6 Å². The molecule has 0 heterocycles. The van der Waals surface area contributed by atoms with E-state index in [9.17, 15) is 9.50 Å². The topological polar surface area (TPSA) is 65.9 Å². The summed E-state index contributed by atoms with van der Waals surface area (Å²) in [6.07, 6.45) is 7.91. The number of hydrogen-bond acceptors (Lipinski definition) is 3. The molecule has 0 spiro atoms. The molecule has 1 fully saturated rings. The van der Waals surface area contributed by atoms with Gasteiger partial charge in [-0.25, -0.2) is 4.39 Å². The maximum atomic E-state index is 13.3. The van der Waals surface area contributed by atoms with Crippen LogP contribution in [0.2, 0.25) is 0 Å². The number of nitrogens with zero attached hydrogens (tertiary/aromatic N) is 1. The first-order valence-corrected chi connectivity index (χ1v) is 8.72. The molecule has 1 aliphatic rings. The number of hydrogen-bond donors (Lipinski definition) is 3. The van der Waals surface area contributed by atoms with Gasteiger partial charge in [0.25, 0.3) is 0 Å². The fourth-order valence-electron chi connectivity index (χ4n) is 2.87. The van der Waals surface area contributed by atoms with Crippen LogP contribution in [0, 0.1) is 5.82 Å². The zero-order chi connectivity index (χ0) is 17.2. The Morgan fingerprint density at radius 2 is 1.96 bits per heavy atom. The van der Waals surface area contributed by atoms with Gasteiger partial charge in [-0.1, -0.05) is 31.7 Å². The molecule has 1 aliphatic carbocycles. The summed E-state index contributed by atoms with van der Waals surface area (Å²) in [7, 11) is 1.69. The lowest BCUT2D eigenvalue weighted by atomic mass is 10.1. The molecule has 0 radical (unpaired) electrons. The van der Waals surface area contributed by atoms with Crippen LogP contribution < -0.4 is 10.6 Å². The highest BCUT2D eigenvalue weighted by Gasteiger charge is 2.12. The largest absolute Gasteiger partial charge is 0.505 e. The average Bonchev–Trinajstić information content (AvgIpc) is 2.86. The highest BCUT2D eigenvalue weighted by molar-refractivity contribution is 14.0. The lowest BCUT2D eigenvalue weighted by Gasteiger charge is -2.17. The summed E-state index contributed by atoms with van der Waals surface area (Å²) in [5.41, 5.74) is 0.739. The summed E-state index contributed by atoms with van der Waals surface area (Å²) in [6, 6.07) is 4.34. The SMILES string of the molecule is CN=C(NCCOC1CCCCCC1)NCc1ccc(O)c(F)c1.I. The smallest absolute Gasteiger partial charge is 0.191 e. The summed E-state index contributed by atoms with van der Waals surface area (Å²) in [6.45, 7) is 1.76. The van der Waals surface area contributed by atoms with Crippen LogP contribution in [0.15, 0.2) is 23.2 Å². The molecule has 5 nitrogen and oxygen atoms in total. The summed E-state index contributed by atoms with van der Waals surface area (Å²) >= 11 is 0. The molecule has 1 aromatic rings. The second-order valence-electron chi connectivity index (χ2n) is 6.12. The molecule has 0 amide bonds. The Hall–Kier alpha value is -1.09. The Bertz CT molecular complexity index is 535. The van der Waals surface area contributed by atoms with Gasteiger partial charge in [-0.3, -0.25) is 4.99 Å². The second-order valence-corrected chi connectivity index (χ2v) is 6.12. The number of benzene rings is 1. The van der Waals surface area contributed by atoms with E-state index in [0.717, 1.165) is 5.56 Å². The van der Waals surface area contributed by atoms with Crippen LogP contribution in [0.4, 0.5) is 4.39 Å². The molecule has 0 atom stereocenters. The Kier molecular flexibility index (Phi) is 10.8. The number of guanidine groups is 1. The van der Waals surface area contributed by atoms with E-state index in [1.165, 1.54) is 50.7 Å². The number of phenols is 1. The zero-order valence-electron chi connectivity index (χ0n) is 14.8. The van der Waals surface area contributed by atoms with Crippen molar-refractivity contribution >= 4 is 29.9 Å². The third-order valence-electron chi connectivity index (χ3n) is 4.25.